The van der Waals surface area contributed by atoms with Gasteiger partial charge in [0.2, 0.25) is 6.23 Å². The number of nitrogens with zero attached hydrogens (tertiary/aromatic N) is 2. The molecule has 2 aliphatic heterocycles. The maximum Gasteiger partial charge on any atom is 0.214 e. The van der Waals surface area contributed by atoms with Crippen LogP contribution in [0.2, 0.25) is 0 Å². The predicted molar refractivity (Wildman–Crippen MR) is 137 cm³/mol. The molecule has 0 radical (unpaired) electrons. The Morgan fingerprint density at radius 1 is 0.943 bits per heavy atom. The summed E-state index contributed by atoms with van der Waals surface area (Å²) in [5.41, 5.74) is 4.25. The van der Waals surface area contributed by atoms with Gasteiger partial charge in [-0.1, -0.05) is 38.0 Å². The van der Waals surface area contributed by atoms with E-state index in [1.165, 1.54) is 0 Å². The van der Waals surface area contributed by atoms with Crippen molar-refractivity contribution in [1.29, 1.82) is 0 Å². The van der Waals surface area contributed by atoms with Gasteiger partial charge in [0.25, 0.3) is 0 Å². The van der Waals surface area contributed by atoms with Crippen LogP contribution in [0.3, 0.4) is 0 Å². The highest BCUT2D eigenvalue weighted by Gasteiger charge is 2.41. The van der Waals surface area contributed by atoms with Gasteiger partial charge in [0, 0.05) is 17.5 Å². The Bertz CT molecular complexity index is 1190. The highest BCUT2D eigenvalue weighted by molar-refractivity contribution is 6.02. The van der Waals surface area contributed by atoms with E-state index in [1.807, 2.05) is 42.5 Å². The van der Waals surface area contributed by atoms with E-state index in [4.69, 9.17) is 24.0 Å². The fourth-order valence-electron chi connectivity index (χ4n) is 4.70. The Labute approximate surface area is 207 Å². The van der Waals surface area contributed by atoms with Gasteiger partial charge in [-0.3, -0.25) is 0 Å². The number of methoxy groups -OCH3 is 2. The molecule has 0 bridgehead atoms. The number of hydrogen-bond acceptors (Lipinski definition) is 6. The Balaban J connectivity index is 1.46. The first-order chi connectivity index (χ1) is 17.2. The Kier molecular flexibility index (Phi) is 6.80. The van der Waals surface area contributed by atoms with Crippen molar-refractivity contribution in [3.05, 3.63) is 83.4 Å². The molecule has 2 aliphatic rings. The van der Waals surface area contributed by atoms with Crippen LogP contribution >= 0.6 is 0 Å². The number of hydrogen-bond donors (Lipinski definition) is 0. The molecule has 2 atom stereocenters. The van der Waals surface area contributed by atoms with Crippen molar-refractivity contribution in [3.63, 3.8) is 0 Å². The minimum absolute atomic E-state index is 0.0954. The first kappa shape index (κ1) is 23.1. The summed E-state index contributed by atoms with van der Waals surface area (Å²) in [6.45, 7) is 2.87. The van der Waals surface area contributed by atoms with E-state index in [9.17, 15) is 0 Å². The number of rotatable bonds is 9. The number of fused-ring (bicyclic) bond motifs is 3. The smallest absolute Gasteiger partial charge is 0.214 e. The second kappa shape index (κ2) is 10.3. The van der Waals surface area contributed by atoms with Crippen LogP contribution in [0.5, 0.6) is 23.0 Å². The summed E-state index contributed by atoms with van der Waals surface area (Å²) < 4.78 is 23.5. The van der Waals surface area contributed by atoms with Crippen LogP contribution in [0.15, 0.2) is 71.8 Å². The van der Waals surface area contributed by atoms with Crippen molar-refractivity contribution in [3.8, 4) is 23.0 Å². The first-order valence-electron chi connectivity index (χ1n) is 12.3. The van der Waals surface area contributed by atoms with Gasteiger partial charge >= 0.3 is 0 Å². The van der Waals surface area contributed by atoms with E-state index < -0.39 is 0 Å². The van der Waals surface area contributed by atoms with Crippen LogP contribution in [0, 0.1) is 0 Å². The molecule has 3 aromatic rings. The number of para-hydroxylation sites is 1. The normalized spacial score (nSPS) is 18.3. The molecular weight excluding hydrogens is 440 g/mol. The average molecular weight is 473 g/mol. The molecule has 182 valence electrons. The van der Waals surface area contributed by atoms with Crippen LogP contribution in [0.4, 0.5) is 0 Å². The topological polar surface area (TPSA) is 52.5 Å². The van der Waals surface area contributed by atoms with Crippen molar-refractivity contribution in [2.24, 2.45) is 5.10 Å². The lowest BCUT2D eigenvalue weighted by Crippen LogP contribution is -2.33. The van der Waals surface area contributed by atoms with Crippen molar-refractivity contribution in [1.82, 2.24) is 5.01 Å². The third-order valence-electron chi connectivity index (χ3n) is 6.60. The molecule has 35 heavy (non-hydrogen) atoms. The summed E-state index contributed by atoms with van der Waals surface area (Å²) in [5, 5.41) is 7.13. The molecule has 0 saturated carbocycles. The lowest BCUT2D eigenvalue weighted by atomic mass is 9.96. The standard InChI is InChI=1S/C29H32N2O4/c1-4-5-8-17-34-27-16-13-21(18-28(27)33-3)29-31-25(23-9-6-7-10-26(23)35-29)19-24(30-31)20-11-14-22(32-2)15-12-20/h6-7,9-16,18,25,29H,4-5,8,17,19H2,1-3H3/t25-,29+/m1/s1. The van der Waals surface area contributed by atoms with Gasteiger partial charge < -0.3 is 18.9 Å². The van der Waals surface area contributed by atoms with Crippen LogP contribution in [0.25, 0.3) is 0 Å². The molecule has 6 heteroatoms. The lowest BCUT2D eigenvalue weighted by Gasteiger charge is -2.38. The minimum atomic E-state index is -0.367. The zero-order valence-electron chi connectivity index (χ0n) is 20.6. The summed E-state index contributed by atoms with van der Waals surface area (Å²) in [6.07, 6.45) is 3.78. The maximum atomic E-state index is 6.51. The highest BCUT2D eigenvalue weighted by atomic mass is 16.5. The number of ether oxygens (including phenoxy) is 4. The zero-order chi connectivity index (χ0) is 24.2. The maximum absolute atomic E-state index is 6.51. The van der Waals surface area contributed by atoms with Crippen molar-refractivity contribution >= 4 is 5.71 Å². The number of hydrazone groups is 1. The summed E-state index contributed by atoms with van der Waals surface area (Å²) in [4.78, 5) is 0. The fourth-order valence-corrected chi connectivity index (χ4v) is 4.70. The molecular formula is C29H32N2O4. The number of benzene rings is 3. The van der Waals surface area contributed by atoms with E-state index in [1.54, 1.807) is 14.2 Å². The average Bonchev–Trinajstić information content (AvgIpc) is 3.36. The quantitative estimate of drug-likeness (QED) is 0.332. The van der Waals surface area contributed by atoms with Gasteiger partial charge in [-0.2, -0.15) is 5.10 Å². The highest BCUT2D eigenvalue weighted by Crippen LogP contribution is 2.48. The molecule has 0 N–H and O–H groups in total. The molecule has 3 aromatic carbocycles. The predicted octanol–water partition coefficient (Wildman–Crippen LogP) is 6.52. The zero-order valence-corrected chi connectivity index (χ0v) is 20.6. The van der Waals surface area contributed by atoms with E-state index >= 15 is 0 Å². The van der Waals surface area contributed by atoms with Crippen molar-refractivity contribution in [2.45, 2.75) is 44.9 Å². The Hall–Kier alpha value is -3.67. The van der Waals surface area contributed by atoms with Gasteiger partial charge in [-0.05, 0) is 60.5 Å². The Morgan fingerprint density at radius 3 is 2.54 bits per heavy atom. The molecule has 0 spiro atoms. The summed E-state index contributed by atoms with van der Waals surface area (Å²) >= 11 is 0. The summed E-state index contributed by atoms with van der Waals surface area (Å²) in [5.74, 6) is 3.19. The molecule has 0 aromatic heterocycles. The molecule has 0 aliphatic carbocycles. The van der Waals surface area contributed by atoms with E-state index in [-0.39, 0.29) is 12.3 Å². The Morgan fingerprint density at radius 2 is 1.77 bits per heavy atom. The van der Waals surface area contributed by atoms with E-state index in [0.29, 0.717) is 12.4 Å². The molecule has 0 amide bonds. The summed E-state index contributed by atoms with van der Waals surface area (Å²) in [6, 6.07) is 22.4. The molecule has 6 nitrogen and oxygen atoms in total. The monoisotopic (exact) mass is 472 g/mol. The van der Waals surface area contributed by atoms with Crippen LogP contribution < -0.4 is 18.9 Å². The largest absolute Gasteiger partial charge is 0.497 e. The van der Waals surface area contributed by atoms with Crippen molar-refractivity contribution in [2.75, 3.05) is 20.8 Å². The second-order valence-corrected chi connectivity index (χ2v) is 8.85. The third-order valence-corrected chi connectivity index (χ3v) is 6.60. The van der Waals surface area contributed by atoms with Crippen LogP contribution in [-0.4, -0.2) is 31.5 Å². The molecule has 5 rings (SSSR count). The van der Waals surface area contributed by atoms with Gasteiger partial charge in [0.05, 0.1) is 32.6 Å². The van der Waals surface area contributed by atoms with Gasteiger partial charge in [0.15, 0.2) is 11.5 Å². The van der Waals surface area contributed by atoms with E-state index in [0.717, 1.165) is 65.3 Å². The third kappa shape index (κ3) is 4.65. The van der Waals surface area contributed by atoms with Gasteiger partial charge in [-0.15, -0.1) is 0 Å². The SMILES string of the molecule is CCCCCOc1ccc([C@@H]2Oc3ccccc3[C@H]3CC(c4ccc(OC)cc4)=NN32)cc1OC. The lowest BCUT2D eigenvalue weighted by molar-refractivity contribution is -0.0191. The van der Waals surface area contributed by atoms with Gasteiger partial charge in [-0.25, -0.2) is 5.01 Å². The second-order valence-electron chi connectivity index (χ2n) is 8.85. The van der Waals surface area contributed by atoms with Crippen LogP contribution in [-0.2, 0) is 0 Å². The molecule has 0 unspecified atom stereocenters. The first-order valence-corrected chi connectivity index (χ1v) is 12.3. The molecule has 0 saturated heterocycles. The van der Waals surface area contributed by atoms with Crippen molar-refractivity contribution < 1.29 is 18.9 Å². The van der Waals surface area contributed by atoms with Gasteiger partial charge in [0.1, 0.15) is 11.5 Å². The summed E-state index contributed by atoms with van der Waals surface area (Å²) in [7, 11) is 3.35. The number of unbranched alkanes of at least 4 members (excludes halogenated alkanes) is 2. The van der Waals surface area contributed by atoms with Crippen LogP contribution in [0.1, 0.15) is 61.6 Å². The molecule has 2 heterocycles. The van der Waals surface area contributed by atoms with E-state index in [2.05, 4.69) is 36.2 Å². The fraction of sp³-hybridized carbons (Fsp3) is 0.345. The minimum Gasteiger partial charge on any atom is -0.497 e. The molecule has 0 fully saturated rings.